The number of rotatable bonds is 7. The van der Waals surface area contributed by atoms with Gasteiger partial charge in [0.05, 0.1) is 0 Å². The molecule has 0 amide bonds. The van der Waals surface area contributed by atoms with Crippen LogP contribution in [0.5, 0.6) is 0 Å². The molecule has 4 aliphatic carbocycles. The van der Waals surface area contributed by atoms with E-state index in [1.807, 2.05) is 12.2 Å². The molecule has 0 radical (unpaired) electrons. The third kappa shape index (κ3) is 6.73. The second-order valence-electron chi connectivity index (χ2n) is 16.1. The Morgan fingerprint density at radius 1 is 0.775 bits per heavy atom. The van der Waals surface area contributed by atoms with Gasteiger partial charge < -0.3 is 0 Å². The molecular formula is C40H64. The summed E-state index contributed by atoms with van der Waals surface area (Å²) in [5, 5.41) is 0. The fraction of sp³-hybridized carbons (Fsp3) is 0.700. The lowest BCUT2D eigenvalue weighted by Gasteiger charge is -2.57. The molecule has 0 bridgehead atoms. The Bertz CT molecular complexity index is 1020. The standard InChI is InChI=1S/2C20H32/c2*1-7-15(2)9-11-17-16(3)10-12-18-19(4,5)13-8-14-20(17,18)6/h7,9-10,17-18H,1,8,11-14H2,2-6H3;7,10,17-18H,1-2,8-9,11-14H2,3-6H3/b15-9+;/t2*17-,18?,20+/m00/s1. The summed E-state index contributed by atoms with van der Waals surface area (Å²) in [6.07, 6.45) is 25.8. The quantitative estimate of drug-likeness (QED) is 0.221. The molecule has 4 aliphatic rings. The van der Waals surface area contributed by atoms with Gasteiger partial charge in [0.2, 0.25) is 0 Å². The summed E-state index contributed by atoms with van der Waals surface area (Å²) >= 11 is 0. The van der Waals surface area contributed by atoms with Gasteiger partial charge in [-0.2, -0.15) is 0 Å². The molecule has 0 spiro atoms. The molecule has 2 unspecified atom stereocenters. The summed E-state index contributed by atoms with van der Waals surface area (Å²) < 4.78 is 0. The Morgan fingerprint density at radius 2 is 1.25 bits per heavy atom. The highest BCUT2D eigenvalue weighted by Crippen LogP contribution is 2.61. The molecule has 0 heteroatoms. The third-order valence-electron chi connectivity index (χ3n) is 12.6. The van der Waals surface area contributed by atoms with Crippen LogP contribution in [0.3, 0.4) is 0 Å². The normalized spacial score (nSPS) is 36.5. The fourth-order valence-corrected chi connectivity index (χ4v) is 10.1. The topological polar surface area (TPSA) is 0 Å². The zero-order chi connectivity index (χ0) is 29.9. The van der Waals surface area contributed by atoms with E-state index in [1.165, 1.54) is 75.4 Å². The first kappa shape index (κ1) is 32.9. The zero-order valence-electron chi connectivity index (χ0n) is 28.1. The van der Waals surface area contributed by atoms with Gasteiger partial charge >= 0.3 is 0 Å². The average Bonchev–Trinajstić information content (AvgIpc) is 2.86. The van der Waals surface area contributed by atoms with Gasteiger partial charge in [-0.05, 0) is 124 Å². The van der Waals surface area contributed by atoms with E-state index < -0.39 is 0 Å². The highest BCUT2D eigenvalue weighted by atomic mass is 14.6. The van der Waals surface area contributed by atoms with Crippen molar-refractivity contribution < 1.29 is 0 Å². The van der Waals surface area contributed by atoms with Crippen molar-refractivity contribution in [1.82, 2.24) is 0 Å². The first-order chi connectivity index (χ1) is 18.6. The monoisotopic (exact) mass is 545 g/mol. The van der Waals surface area contributed by atoms with Gasteiger partial charge in [-0.1, -0.05) is 127 Å². The van der Waals surface area contributed by atoms with E-state index in [0.717, 1.165) is 30.1 Å². The van der Waals surface area contributed by atoms with E-state index in [-0.39, 0.29) is 0 Å². The van der Waals surface area contributed by atoms with E-state index in [1.54, 1.807) is 11.1 Å². The van der Waals surface area contributed by atoms with Crippen LogP contribution < -0.4 is 0 Å². The Balaban J connectivity index is 0.000000220. The molecule has 0 aromatic carbocycles. The molecule has 224 valence electrons. The SMILES string of the molecule is C=C/C(C)=C/C[C@H]1C(C)=CCC2C(C)(C)CCC[C@@]21C.C=CC(=C)CC[C@H]1C(C)=CCC2C(C)(C)CCC[C@@]21C. The number of fused-ring (bicyclic) bond motifs is 2. The van der Waals surface area contributed by atoms with Crippen molar-refractivity contribution >= 4 is 0 Å². The van der Waals surface area contributed by atoms with E-state index in [2.05, 4.69) is 100 Å². The van der Waals surface area contributed by atoms with Crippen LogP contribution in [0.1, 0.15) is 133 Å². The van der Waals surface area contributed by atoms with Gasteiger partial charge in [-0.3, -0.25) is 0 Å². The smallest absolute Gasteiger partial charge is 0.0114 e. The first-order valence-electron chi connectivity index (χ1n) is 16.5. The van der Waals surface area contributed by atoms with Gasteiger partial charge in [0.25, 0.3) is 0 Å². The third-order valence-corrected chi connectivity index (χ3v) is 12.6. The van der Waals surface area contributed by atoms with Gasteiger partial charge in [0, 0.05) is 0 Å². The van der Waals surface area contributed by atoms with Crippen molar-refractivity contribution in [3.05, 3.63) is 72.4 Å². The maximum Gasteiger partial charge on any atom is -0.0114 e. The zero-order valence-corrected chi connectivity index (χ0v) is 28.1. The summed E-state index contributed by atoms with van der Waals surface area (Å²) in [4.78, 5) is 0. The Hall–Kier alpha value is -1.56. The van der Waals surface area contributed by atoms with Crippen LogP contribution in [-0.4, -0.2) is 0 Å². The van der Waals surface area contributed by atoms with Crippen LogP contribution in [0.25, 0.3) is 0 Å². The molecule has 0 aromatic rings. The van der Waals surface area contributed by atoms with E-state index in [9.17, 15) is 0 Å². The summed E-state index contributed by atoms with van der Waals surface area (Å²) in [7, 11) is 0. The predicted molar refractivity (Wildman–Crippen MR) is 179 cm³/mol. The lowest BCUT2D eigenvalue weighted by atomic mass is 9.48. The molecule has 40 heavy (non-hydrogen) atoms. The molecule has 2 saturated carbocycles. The highest BCUT2D eigenvalue weighted by molar-refractivity contribution is 5.22. The predicted octanol–water partition coefficient (Wildman–Crippen LogP) is 12.6. The van der Waals surface area contributed by atoms with Crippen LogP contribution in [0.4, 0.5) is 0 Å². The maximum atomic E-state index is 4.10. The Labute approximate surface area is 250 Å². The highest BCUT2D eigenvalue weighted by Gasteiger charge is 2.52. The first-order valence-corrected chi connectivity index (χ1v) is 16.5. The van der Waals surface area contributed by atoms with Crippen LogP contribution in [0.2, 0.25) is 0 Å². The molecule has 6 atom stereocenters. The molecule has 0 aromatic heterocycles. The van der Waals surface area contributed by atoms with Crippen molar-refractivity contribution in [3.8, 4) is 0 Å². The van der Waals surface area contributed by atoms with Crippen LogP contribution in [0, 0.1) is 45.3 Å². The van der Waals surface area contributed by atoms with Crippen molar-refractivity contribution in [1.29, 1.82) is 0 Å². The number of hydrogen-bond donors (Lipinski definition) is 0. The van der Waals surface area contributed by atoms with Crippen molar-refractivity contribution in [2.45, 2.75) is 133 Å². The Morgan fingerprint density at radius 3 is 1.73 bits per heavy atom. The molecule has 0 nitrogen and oxygen atoms in total. The molecule has 4 rings (SSSR count). The summed E-state index contributed by atoms with van der Waals surface area (Å²) in [6.45, 7) is 33.8. The minimum Gasteiger partial charge on any atom is -0.0988 e. The molecule has 2 fully saturated rings. The van der Waals surface area contributed by atoms with E-state index in [0.29, 0.717) is 21.7 Å². The van der Waals surface area contributed by atoms with Crippen molar-refractivity contribution in [3.63, 3.8) is 0 Å². The van der Waals surface area contributed by atoms with Crippen molar-refractivity contribution in [2.24, 2.45) is 45.3 Å². The van der Waals surface area contributed by atoms with E-state index in [4.69, 9.17) is 0 Å². The summed E-state index contributed by atoms with van der Waals surface area (Å²) in [6, 6.07) is 0. The molecule has 0 saturated heterocycles. The summed E-state index contributed by atoms with van der Waals surface area (Å²) in [5.41, 5.74) is 7.73. The molecule has 0 N–H and O–H groups in total. The van der Waals surface area contributed by atoms with E-state index >= 15 is 0 Å². The minimum absolute atomic E-state index is 0.485. The Kier molecular flexibility index (Phi) is 10.5. The second-order valence-corrected chi connectivity index (χ2v) is 16.1. The molecule has 0 heterocycles. The maximum absolute atomic E-state index is 4.10. The molecular weight excluding hydrogens is 480 g/mol. The lowest BCUT2D eigenvalue weighted by Crippen LogP contribution is -2.48. The molecule has 0 aliphatic heterocycles. The summed E-state index contributed by atoms with van der Waals surface area (Å²) in [5.74, 6) is 3.14. The van der Waals surface area contributed by atoms with Crippen LogP contribution in [0.15, 0.2) is 72.4 Å². The van der Waals surface area contributed by atoms with Gasteiger partial charge in [-0.15, -0.1) is 0 Å². The fourth-order valence-electron chi connectivity index (χ4n) is 10.1. The largest absolute Gasteiger partial charge is 0.0988 e. The van der Waals surface area contributed by atoms with Crippen LogP contribution >= 0.6 is 0 Å². The van der Waals surface area contributed by atoms with Crippen LogP contribution in [-0.2, 0) is 0 Å². The van der Waals surface area contributed by atoms with Gasteiger partial charge in [0.1, 0.15) is 0 Å². The number of allylic oxidation sites excluding steroid dienone is 9. The second kappa shape index (κ2) is 12.8. The van der Waals surface area contributed by atoms with Gasteiger partial charge in [0.15, 0.2) is 0 Å². The lowest BCUT2D eigenvalue weighted by molar-refractivity contribution is -0.0389. The minimum atomic E-state index is 0.485. The van der Waals surface area contributed by atoms with Crippen molar-refractivity contribution in [2.75, 3.05) is 0 Å². The van der Waals surface area contributed by atoms with Gasteiger partial charge in [-0.25, -0.2) is 0 Å². The number of hydrogen-bond acceptors (Lipinski definition) is 0. The average molecular weight is 545 g/mol.